The predicted molar refractivity (Wildman–Crippen MR) is 60.5 cm³/mol. The highest BCUT2D eigenvalue weighted by atomic mass is 32.2. The Morgan fingerprint density at radius 3 is 3.00 bits per heavy atom. The molecule has 4 heteroatoms. The zero-order chi connectivity index (χ0) is 10.2. The van der Waals surface area contributed by atoms with E-state index in [0.717, 1.165) is 23.2 Å². The average molecular weight is 211 g/mol. The summed E-state index contributed by atoms with van der Waals surface area (Å²) in [7, 11) is 0. The lowest BCUT2D eigenvalue weighted by atomic mass is 10.2. The van der Waals surface area contributed by atoms with Crippen LogP contribution < -0.4 is 0 Å². The van der Waals surface area contributed by atoms with Crippen LogP contribution in [0.1, 0.15) is 32.0 Å². The van der Waals surface area contributed by atoms with Crippen LogP contribution in [0.15, 0.2) is 17.8 Å². The Bertz CT molecular complexity index is 270. The molecule has 1 heterocycles. The summed E-state index contributed by atoms with van der Waals surface area (Å²) in [6.07, 6.45) is 6.57. The van der Waals surface area contributed by atoms with Gasteiger partial charge in [-0.3, -0.25) is 0 Å². The van der Waals surface area contributed by atoms with Crippen molar-refractivity contribution < 1.29 is 0 Å². The standard InChI is InChI=1S/C10H17N3S/c1-3-5-6-7-9-11-10(13-12-9)14-8-4-2/h4H,2-3,5-8H2,1H3,(H,11,12,13). The van der Waals surface area contributed by atoms with Crippen LogP contribution in [-0.2, 0) is 6.42 Å². The van der Waals surface area contributed by atoms with Gasteiger partial charge < -0.3 is 4.98 Å². The third-order valence-corrected chi connectivity index (χ3v) is 2.73. The minimum Gasteiger partial charge on any atom is -0.320 e. The van der Waals surface area contributed by atoms with E-state index in [9.17, 15) is 0 Å². The number of unbranched alkanes of at least 4 members (excludes halogenated alkanes) is 2. The Balaban J connectivity index is 2.31. The summed E-state index contributed by atoms with van der Waals surface area (Å²) < 4.78 is 0. The average Bonchev–Trinajstić information content (AvgIpc) is 2.63. The number of hydrogen-bond donors (Lipinski definition) is 1. The molecule has 0 amide bonds. The van der Waals surface area contributed by atoms with Crippen molar-refractivity contribution in [3.63, 3.8) is 0 Å². The van der Waals surface area contributed by atoms with Gasteiger partial charge in [0.15, 0.2) is 5.16 Å². The number of nitrogens with zero attached hydrogens (tertiary/aromatic N) is 2. The van der Waals surface area contributed by atoms with Crippen molar-refractivity contribution in [3.05, 3.63) is 18.5 Å². The van der Waals surface area contributed by atoms with Crippen LogP contribution in [0.25, 0.3) is 0 Å². The molecule has 0 saturated heterocycles. The second-order valence-electron chi connectivity index (χ2n) is 3.13. The van der Waals surface area contributed by atoms with Gasteiger partial charge in [-0.05, 0) is 6.42 Å². The minimum atomic E-state index is 0.879. The second-order valence-corrected chi connectivity index (χ2v) is 4.14. The highest BCUT2D eigenvalue weighted by molar-refractivity contribution is 7.99. The number of aromatic amines is 1. The van der Waals surface area contributed by atoms with E-state index < -0.39 is 0 Å². The molecule has 78 valence electrons. The molecule has 1 aromatic rings. The van der Waals surface area contributed by atoms with Crippen molar-refractivity contribution in [1.29, 1.82) is 0 Å². The van der Waals surface area contributed by atoms with Gasteiger partial charge in [0.05, 0.1) is 0 Å². The van der Waals surface area contributed by atoms with Crippen molar-refractivity contribution in [1.82, 2.24) is 15.2 Å². The van der Waals surface area contributed by atoms with Crippen LogP contribution in [0.3, 0.4) is 0 Å². The van der Waals surface area contributed by atoms with Crippen molar-refractivity contribution in [3.8, 4) is 0 Å². The maximum absolute atomic E-state index is 4.08. The summed E-state index contributed by atoms with van der Waals surface area (Å²) in [5.41, 5.74) is 0. The van der Waals surface area contributed by atoms with Crippen LogP contribution in [0, 0.1) is 0 Å². The first-order valence-corrected chi connectivity index (χ1v) is 6.00. The van der Waals surface area contributed by atoms with Gasteiger partial charge in [0.25, 0.3) is 0 Å². The third kappa shape index (κ3) is 3.96. The lowest BCUT2D eigenvalue weighted by Gasteiger charge is -1.93. The summed E-state index contributed by atoms with van der Waals surface area (Å²) in [6, 6.07) is 0. The SMILES string of the molecule is C=CCSc1nnc(CCCCC)[nH]1. The van der Waals surface area contributed by atoms with Gasteiger partial charge in [-0.25, -0.2) is 0 Å². The first-order chi connectivity index (χ1) is 6.86. The number of hydrogen-bond acceptors (Lipinski definition) is 3. The fourth-order valence-electron chi connectivity index (χ4n) is 1.14. The first kappa shape index (κ1) is 11.3. The second kappa shape index (κ2) is 6.65. The lowest BCUT2D eigenvalue weighted by Crippen LogP contribution is -1.87. The number of rotatable bonds is 7. The quantitative estimate of drug-likeness (QED) is 0.428. The summed E-state index contributed by atoms with van der Waals surface area (Å²) in [4.78, 5) is 3.20. The van der Waals surface area contributed by atoms with E-state index >= 15 is 0 Å². The van der Waals surface area contributed by atoms with Crippen molar-refractivity contribution in [2.24, 2.45) is 0 Å². The van der Waals surface area contributed by atoms with E-state index in [1.807, 2.05) is 6.08 Å². The van der Waals surface area contributed by atoms with Crippen molar-refractivity contribution >= 4 is 11.8 Å². The van der Waals surface area contributed by atoms with E-state index in [2.05, 4.69) is 28.7 Å². The smallest absolute Gasteiger partial charge is 0.188 e. The van der Waals surface area contributed by atoms with Crippen LogP contribution in [-0.4, -0.2) is 20.9 Å². The Morgan fingerprint density at radius 1 is 1.43 bits per heavy atom. The minimum absolute atomic E-state index is 0.879. The van der Waals surface area contributed by atoms with Crippen LogP contribution >= 0.6 is 11.8 Å². The van der Waals surface area contributed by atoms with E-state index in [0.29, 0.717) is 0 Å². The maximum Gasteiger partial charge on any atom is 0.188 e. The zero-order valence-electron chi connectivity index (χ0n) is 8.62. The number of thioether (sulfide) groups is 1. The van der Waals surface area contributed by atoms with Crippen LogP contribution in [0.2, 0.25) is 0 Å². The molecule has 0 aliphatic heterocycles. The number of aryl methyl sites for hydroxylation is 1. The molecule has 0 aliphatic carbocycles. The summed E-state index contributed by atoms with van der Waals surface area (Å²) >= 11 is 1.63. The van der Waals surface area contributed by atoms with E-state index in [1.54, 1.807) is 11.8 Å². The van der Waals surface area contributed by atoms with Crippen molar-refractivity contribution in [2.45, 2.75) is 37.8 Å². The summed E-state index contributed by atoms with van der Waals surface area (Å²) in [6.45, 7) is 5.86. The highest BCUT2D eigenvalue weighted by Gasteiger charge is 2.01. The lowest BCUT2D eigenvalue weighted by molar-refractivity contribution is 0.695. The van der Waals surface area contributed by atoms with Gasteiger partial charge >= 0.3 is 0 Å². The van der Waals surface area contributed by atoms with E-state index in [4.69, 9.17) is 0 Å². The van der Waals surface area contributed by atoms with Gasteiger partial charge in [0.1, 0.15) is 5.82 Å². The van der Waals surface area contributed by atoms with Gasteiger partial charge in [-0.1, -0.05) is 37.6 Å². The fourth-order valence-corrected chi connectivity index (χ4v) is 1.70. The molecule has 1 rings (SSSR count). The Hall–Kier alpha value is -0.770. The molecule has 1 N–H and O–H groups in total. The van der Waals surface area contributed by atoms with Crippen molar-refractivity contribution in [2.75, 3.05) is 5.75 Å². The Labute approximate surface area is 89.4 Å². The molecule has 0 atom stereocenters. The van der Waals surface area contributed by atoms with Crippen LogP contribution in [0.4, 0.5) is 0 Å². The molecule has 0 aromatic carbocycles. The molecule has 0 spiro atoms. The van der Waals surface area contributed by atoms with Crippen LogP contribution in [0.5, 0.6) is 0 Å². The number of aromatic nitrogens is 3. The maximum atomic E-state index is 4.08. The highest BCUT2D eigenvalue weighted by Crippen LogP contribution is 2.12. The first-order valence-electron chi connectivity index (χ1n) is 5.02. The zero-order valence-corrected chi connectivity index (χ0v) is 9.44. The Kier molecular flexibility index (Phi) is 5.37. The fraction of sp³-hybridized carbons (Fsp3) is 0.600. The topological polar surface area (TPSA) is 41.6 Å². The van der Waals surface area contributed by atoms with Gasteiger partial charge in [-0.15, -0.1) is 16.8 Å². The predicted octanol–water partition coefficient (Wildman–Crippen LogP) is 2.82. The molecule has 1 aromatic heterocycles. The van der Waals surface area contributed by atoms with E-state index in [-0.39, 0.29) is 0 Å². The largest absolute Gasteiger partial charge is 0.320 e. The van der Waals surface area contributed by atoms with Gasteiger partial charge in [-0.2, -0.15) is 0 Å². The summed E-state index contributed by atoms with van der Waals surface area (Å²) in [5, 5.41) is 9.02. The molecule has 0 bridgehead atoms. The van der Waals surface area contributed by atoms with Gasteiger partial charge in [0.2, 0.25) is 0 Å². The normalized spacial score (nSPS) is 10.4. The molecular weight excluding hydrogens is 194 g/mol. The monoisotopic (exact) mass is 211 g/mol. The molecule has 0 fully saturated rings. The molecule has 0 saturated carbocycles. The third-order valence-electron chi connectivity index (χ3n) is 1.87. The summed E-state index contributed by atoms with van der Waals surface area (Å²) in [5.74, 6) is 1.88. The molecule has 3 nitrogen and oxygen atoms in total. The Morgan fingerprint density at radius 2 is 2.29 bits per heavy atom. The van der Waals surface area contributed by atoms with Gasteiger partial charge in [0, 0.05) is 12.2 Å². The van der Waals surface area contributed by atoms with E-state index in [1.165, 1.54) is 19.3 Å². The number of nitrogens with one attached hydrogen (secondary N) is 1. The number of H-pyrrole nitrogens is 1. The molecule has 0 unspecified atom stereocenters. The molecule has 0 aliphatic rings. The molecule has 14 heavy (non-hydrogen) atoms. The molecular formula is C10H17N3S. The molecule has 0 radical (unpaired) electrons.